The van der Waals surface area contributed by atoms with E-state index in [4.69, 9.17) is 15.2 Å². The number of benzene rings is 1. The number of hydrogen-bond acceptors (Lipinski definition) is 4. The molecule has 1 heterocycles. The summed E-state index contributed by atoms with van der Waals surface area (Å²) in [7, 11) is 2.12. The summed E-state index contributed by atoms with van der Waals surface area (Å²) in [6, 6.07) is 4.26. The summed E-state index contributed by atoms with van der Waals surface area (Å²) >= 11 is 3.55. The summed E-state index contributed by atoms with van der Waals surface area (Å²) in [6.07, 6.45) is 1.06. The zero-order valence-electron chi connectivity index (χ0n) is 12.6. The molecule has 0 aromatic heterocycles. The van der Waals surface area contributed by atoms with Crippen molar-refractivity contribution in [2.45, 2.75) is 38.8 Å². The fourth-order valence-corrected chi connectivity index (χ4v) is 2.94. The van der Waals surface area contributed by atoms with Gasteiger partial charge in [-0.2, -0.15) is 0 Å². The molecule has 2 rings (SSSR count). The van der Waals surface area contributed by atoms with Gasteiger partial charge in [0.05, 0.1) is 4.47 Å². The number of nitrogens with two attached hydrogens (primary N) is 1. The molecule has 1 aromatic rings. The van der Waals surface area contributed by atoms with Gasteiger partial charge < -0.3 is 15.2 Å². The number of rotatable bonds is 5. The maximum absolute atomic E-state index is 6.02. The lowest BCUT2D eigenvalue weighted by Crippen LogP contribution is -2.45. The van der Waals surface area contributed by atoms with Crippen molar-refractivity contribution in [2.24, 2.45) is 5.73 Å². The summed E-state index contributed by atoms with van der Waals surface area (Å²) in [5.41, 5.74) is 7.26. The van der Waals surface area contributed by atoms with Crippen molar-refractivity contribution in [3.8, 4) is 11.5 Å². The average molecular weight is 343 g/mol. The molecule has 0 bridgehead atoms. The smallest absolute Gasteiger partial charge is 0.231 e. The average Bonchev–Trinajstić information content (AvgIpc) is 2.88. The van der Waals surface area contributed by atoms with Crippen LogP contribution >= 0.6 is 15.9 Å². The Morgan fingerprint density at radius 2 is 2.10 bits per heavy atom. The van der Waals surface area contributed by atoms with Crippen molar-refractivity contribution in [2.75, 3.05) is 20.4 Å². The Hall–Kier alpha value is -0.780. The van der Waals surface area contributed by atoms with Crippen molar-refractivity contribution in [3.05, 3.63) is 22.2 Å². The van der Waals surface area contributed by atoms with E-state index in [1.807, 2.05) is 6.07 Å². The van der Waals surface area contributed by atoms with E-state index in [1.165, 1.54) is 0 Å². The van der Waals surface area contributed by atoms with E-state index in [9.17, 15) is 0 Å². The van der Waals surface area contributed by atoms with Crippen LogP contribution in [-0.4, -0.2) is 30.8 Å². The molecule has 0 fully saturated rings. The van der Waals surface area contributed by atoms with Crippen LogP contribution in [0.1, 0.15) is 38.8 Å². The van der Waals surface area contributed by atoms with Gasteiger partial charge in [-0.3, -0.25) is 4.90 Å². The molecular formula is C15H23BrN2O2. The predicted molar refractivity (Wildman–Crippen MR) is 84.2 cm³/mol. The first-order valence-corrected chi connectivity index (χ1v) is 7.72. The molecule has 2 N–H and O–H groups in total. The van der Waals surface area contributed by atoms with Crippen LogP contribution in [0.3, 0.4) is 0 Å². The third kappa shape index (κ3) is 2.80. The second kappa shape index (κ2) is 5.92. The predicted octanol–water partition coefficient (Wildman–Crippen LogP) is 3.30. The molecule has 0 saturated heterocycles. The highest BCUT2D eigenvalue weighted by molar-refractivity contribution is 9.10. The second-order valence-corrected chi connectivity index (χ2v) is 6.62. The fourth-order valence-electron chi connectivity index (χ4n) is 2.37. The van der Waals surface area contributed by atoms with E-state index in [-0.39, 0.29) is 18.4 Å². The minimum absolute atomic E-state index is 0.0902. The largest absolute Gasteiger partial charge is 0.454 e. The summed E-state index contributed by atoms with van der Waals surface area (Å²) in [4.78, 5) is 2.33. The molecule has 1 aromatic carbocycles. The number of ether oxygens (including phenoxy) is 2. The summed E-state index contributed by atoms with van der Waals surface area (Å²) in [5.74, 6) is 1.57. The molecule has 1 aliphatic heterocycles. The number of likely N-dealkylation sites (N-methyl/N-ethyl adjacent to an activating group) is 1. The molecule has 0 saturated carbocycles. The van der Waals surface area contributed by atoms with E-state index in [2.05, 4.69) is 54.7 Å². The SMILES string of the molecule is CCC(C)(C)N(C)C(CN)c1cc(Br)c2c(c1)OCO2. The highest BCUT2D eigenvalue weighted by Crippen LogP contribution is 2.42. The van der Waals surface area contributed by atoms with Crippen LogP contribution in [0, 0.1) is 0 Å². The summed E-state index contributed by atoms with van der Waals surface area (Å²) in [5, 5.41) is 0. The van der Waals surface area contributed by atoms with Gasteiger partial charge in [0, 0.05) is 18.1 Å². The van der Waals surface area contributed by atoms with Gasteiger partial charge in [0.25, 0.3) is 0 Å². The number of hydrogen-bond donors (Lipinski definition) is 1. The van der Waals surface area contributed by atoms with Crippen molar-refractivity contribution >= 4 is 15.9 Å². The molecule has 4 nitrogen and oxygen atoms in total. The van der Waals surface area contributed by atoms with Gasteiger partial charge in [0.15, 0.2) is 11.5 Å². The zero-order chi connectivity index (χ0) is 14.9. The molecule has 20 heavy (non-hydrogen) atoms. The Balaban J connectivity index is 2.35. The third-order valence-electron chi connectivity index (χ3n) is 4.35. The van der Waals surface area contributed by atoms with Gasteiger partial charge in [-0.15, -0.1) is 0 Å². The van der Waals surface area contributed by atoms with Crippen LogP contribution in [0.4, 0.5) is 0 Å². The van der Waals surface area contributed by atoms with E-state index in [1.54, 1.807) is 0 Å². The van der Waals surface area contributed by atoms with Crippen molar-refractivity contribution in [1.82, 2.24) is 4.90 Å². The van der Waals surface area contributed by atoms with E-state index in [0.717, 1.165) is 28.0 Å². The minimum atomic E-state index is 0.0902. The lowest BCUT2D eigenvalue weighted by molar-refractivity contribution is 0.100. The molecule has 1 aliphatic rings. The van der Waals surface area contributed by atoms with Gasteiger partial charge in [0.2, 0.25) is 6.79 Å². The van der Waals surface area contributed by atoms with Crippen LogP contribution in [0.2, 0.25) is 0 Å². The first kappa shape index (κ1) is 15.6. The van der Waals surface area contributed by atoms with Crippen LogP contribution in [0.15, 0.2) is 16.6 Å². The highest BCUT2D eigenvalue weighted by atomic mass is 79.9. The van der Waals surface area contributed by atoms with E-state index >= 15 is 0 Å². The zero-order valence-corrected chi connectivity index (χ0v) is 14.2. The summed E-state index contributed by atoms with van der Waals surface area (Å²) in [6.45, 7) is 7.50. The molecule has 0 amide bonds. The normalized spacial score (nSPS) is 15.8. The van der Waals surface area contributed by atoms with E-state index < -0.39 is 0 Å². The van der Waals surface area contributed by atoms with Crippen LogP contribution in [0.5, 0.6) is 11.5 Å². The van der Waals surface area contributed by atoms with Crippen molar-refractivity contribution in [1.29, 1.82) is 0 Å². The molecule has 1 unspecified atom stereocenters. The second-order valence-electron chi connectivity index (χ2n) is 5.76. The topological polar surface area (TPSA) is 47.7 Å². The maximum atomic E-state index is 6.02. The third-order valence-corrected chi connectivity index (χ3v) is 4.93. The first-order valence-electron chi connectivity index (χ1n) is 6.92. The minimum Gasteiger partial charge on any atom is -0.454 e. The Morgan fingerprint density at radius 1 is 1.40 bits per heavy atom. The number of nitrogens with zero attached hydrogens (tertiary/aromatic N) is 1. The van der Waals surface area contributed by atoms with Crippen molar-refractivity contribution in [3.63, 3.8) is 0 Å². The van der Waals surface area contributed by atoms with Gasteiger partial charge in [-0.25, -0.2) is 0 Å². The molecule has 0 spiro atoms. The Morgan fingerprint density at radius 3 is 2.70 bits per heavy atom. The van der Waals surface area contributed by atoms with Gasteiger partial charge in [0.1, 0.15) is 0 Å². The van der Waals surface area contributed by atoms with Gasteiger partial charge >= 0.3 is 0 Å². The first-order chi connectivity index (χ1) is 9.40. The van der Waals surface area contributed by atoms with Crippen LogP contribution in [0.25, 0.3) is 0 Å². The highest BCUT2D eigenvalue weighted by Gasteiger charge is 2.30. The molecule has 1 atom stereocenters. The Kier molecular flexibility index (Phi) is 4.62. The maximum Gasteiger partial charge on any atom is 0.231 e. The van der Waals surface area contributed by atoms with E-state index in [0.29, 0.717) is 6.54 Å². The van der Waals surface area contributed by atoms with Gasteiger partial charge in [-0.05, 0) is 60.9 Å². The molecule has 0 aliphatic carbocycles. The molecule has 5 heteroatoms. The Labute approximate surface area is 129 Å². The lowest BCUT2D eigenvalue weighted by Gasteiger charge is -2.40. The fraction of sp³-hybridized carbons (Fsp3) is 0.600. The number of fused-ring (bicyclic) bond motifs is 1. The lowest BCUT2D eigenvalue weighted by atomic mass is 9.94. The molecule has 112 valence electrons. The number of halogens is 1. The standard InChI is InChI=1S/C15H23BrN2O2/c1-5-15(2,3)18(4)12(8-17)10-6-11(16)14-13(7-10)19-9-20-14/h6-7,12H,5,8-9,17H2,1-4H3. The summed E-state index contributed by atoms with van der Waals surface area (Å²) < 4.78 is 11.8. The monoisotopic (exact) mass is 342 g/mol. The Bertz CT molecular complexity index is 491. The van der Waals surface area contributed by atoms with Crippen LogP contribution < -0.4 is 15.2 Å². The molecular weight excluding hydrogens is 320 g/mol. The molecule has 0 radical (unpaired) electrons. The van der Waals surface area contributed by atoms with Crippen LogP contribution in [-0.2, 0) is 0 Å². The van der Waals surface area contributed by atoms with Gasteiger partial charge in [-0.1, -0.05) is 6.92 Å². The quantitative estimate of drug-likeness (QED) is 0.891. The van der Waals surface area contributed by atoms with Crippen molar-refractivity contribution < 1.29 is 9.47 Å².